The molecule has 2 heterocycles. The van der Waals surface area contributed by atoms with Gasteiger partial charge in [-0.2, -0.15) is 0 Å². The van der Waals surface area contributed by atoms with Gasteiger partial charge in [0.1, 0.15) is 5.82 Å². The fourth-order valence-electron chi connectivity index (χ4n) is 2.56. The van der Waals surface area contributed by atoms with E-state index in [1.165, 1.54) is 0 Å². The number of nitrogens with one attached hydrogen (secondary N) is 1. The van der Waals surface area contributed by atoms with E-state index in [-0.39, 0.29) is 12.1 Å². The molecule has 1 N–H and O–H groups in total. The normalized spacial score (nSPS) is 21.3. The highest BCUT2D eigenvalue weighted by molar-refractivity contribution is 9.10. The van der Waals surface area contributed by atoms with Crippen LogP contribution in [-0.4, -0.2) is 35.1 Å². The van der Waals surface area contributed by atoms with E-state index >= 15 is 0 Å². The summed E-state index contributed by atoms with van der Waals surface area (Å²) in [7, 11) is 0. The van der Waals surface area contributed by atoms with Crippen molar-refractivity contribution < 1.29 is 9.53 Å². The monoisotopic (exact) mass is 367 g/mol. The van der Waals surface area contributed by atoms with Crippen molar-refractivity contribution in [1.82, 2.24) is 9.88 Å². The highest BCUT2D eigenvalue weighted by Gasteiger charge is 2.31. The lowest BCUT2D eigenvalue weighted by Gasteiger charge is -2.38. The van der Waals surface area contributed by atoms with Gasteiger partial charge in [0.2, 0.25) is 0 Å². The van der Waals surface area contributed by atoms with Crippen LogP contribution in [0.4, 0.5) is 10.6 Å². The number of likely N-dealkylation sites (tertiary alicyclic amines) is 1. The van der Waals surface area contributed by atoms with Crippen LogP contribution in [0.2, 0.25) is 0 Å². The lowest BCUT2D eigenvalue weighted by Crippen LogP contribution is -2.49. The topological polar surface area (TPSA) is 54.5 Å². The van der Waals surface area contributed by atoms with Crippen LogP contribution in [-0.2, 0) is 4.74 Å². The minimum absolute atomic E-state index is 0.105. The molecule has 1 aliphatic rings. The Balaban J connectivity index is 1.98. The largest absolute Gasteiger partial charge is 0.416 e. The number of aromatic nitrogens is 1. The molecule has 120 valence electrons. The van der Waals surface area contributed by atoms with Gasteiger partial charge < -0.3 is 15.0 Å². The number of carbonyl (C=O) groups excluding carboxylic acids is 1. The standard InChI is InChI=1S/C16H22BrN3O2/c1-11(2)22-16(21)20-10-12(3)4-6-14(20)9-19-15-7-5-13(17)8-18-15/h5,7-8,12,14H,1,4,6,9-10H2,2-3H3,(H,18,19)/t12-,14-/m0/s1. The fourth-order valence-corrected chi connectivity index (χ4v) is 2.79. The summed E-state index contributed by atoms with van der Waals surface area (Å²) >= 11 is 3.36. The number of anilines is 1. The zero-order valence-corrected chi connectivity index (χ0v) is 14.6. The predicted octanol–water partition coefficient (Wildman–Crippen LogP) is 4.03. The van der Waals surface area contributed by atoms with E-state index in [2.05, 4.69) is 39.7 Å². The maximum atomic E-state index is 12.2. The van der Waals surface area contributed by atoms with E-state index in [4.69, 9.17) is 4.74 Å². The molecule has 1 fully saturated rings. The second-order valence-corrected chi connectivity index (χ2v) is 6.72. The summed E-state index contributed by atoms with van der Waals surface area (Å²) in [5.41, 5.74) is 0. The summed E-state index contributed by atoms with van der Waals surface area (Å²) < 4.78 is 6.12. The van der Waals surface area contributed by atoms with Crippen molar-refractivity contribution in [3.63, 3.8) is 0 Å². The van der Waals surface area contributed by atoms with E-state index in [0.717, 1.165) is 23.1 Å². The highest BCUT2D eigenvalue weighted by Crippen LogP contribution is 2.23. The number of rotatable bonds is 4. The summed E-state index contributed by atoms with van der Waals surface area (Å²) in [5, 5.41) is 3.29. The number of halogens is 1. The van der Waals surface area contributed by atoms with Gasteiger partial charge in [-0.3, -0.25) is 0 Å². The Morgan fingerprint density at radius 1 is 1.55 bits per heavy atom. The van der Waals surface area contributed by atoms with E-state index in [1.807, 2.05) is 12.1 Å². The Morgan fingerprint density at radius 3 is 2.95 bits per heavy atom. The summed E-state index contributed by atoms with van der Waals surface area (Å²) in [6.45, 7) is 8.85. The molecule has 0 unspecified atom stereocenters. The van der Waals surface area contributed by atoms with E-state index in [0.29, 0.717) is 24.8 Å². The molecule has 0 spiro atoms. The molecule has 1 amide bonds. The number of nitrogens with zero attached hydrogens (tertiary/aromatic N) is 2. The summed E-state index contributed by atoms with van der Waals surface area (Å²) in [5.74, 6) is 1.71. The summed E-state index contributed by atoms with van der Waals surface area (Å²) in [6.07, 6.45) is 3.50. The van der Waals surface area contributed by atoms with Crippen LogP contribution < -0.4 is 5.32 Å². The van der Waals surface area contributed by atoms with Crippen LogP contribution >= 0.6 is 15.9 Å². The highest BCUT2D eigenvalue weighted by atomic mass is 79.9. The maximum Gasteiger partial charge on any atom is 0.415 e. The van der Waals surface area contributed by atoms with Crippen LogP contribution in [0.25, 0.3) is 0 Å². The number of pyridine rings is 1. The lowest BCUT2D eigenvalue weighted by atomic mass is 9.94. The smallest absolute Gasteiger partial charge is 0.415 e. The van der Waals surface area contributed by atoms with Crippen molar-refractivity contribution in [1.29, 1.82) is 0 Å². The number of allylic oxidation sites excluding steroid dienone is 1. The molecular formula is C16H22BrN3O2. The van der Waals surface area contributed by atoms with Gasteiger partial charge in [-0.15, -0.1) is 0 Å². The van der Waals surface area contributed by atoms with Crippen LogP contribution in [0.1, 0.15) is 26.7 Å². The summed E-state index contributed by atoms with van der Waals surface area (Å²) in [4.78, 5) is 18.3. The third kappa shape index (κ3) is 4.73. The minimum Gasteiger partial charge on any atom is -0.416 e. The average molecular weight is 368 g/mol. The van der Waals surface area contributed by atoms with Crippen LogP contribution in [0.3, 0.4) is 0 Å². The lowest BCUT2D eigenvalue weighted by molar-refractivity contribution is 0.0832. The number of ether oxygens (including phenoxy) is 1. The molecule has 1 saturated heterocycles. The van der Waals surface area contributed by atoms with Crippen molar-refractivity contribution in [3.05, 3.63) is 35.1 Å². The molecule has 1 aliphatic heterocycles. The molecule has 0 saturated carbocycles. The molecule has 0 aromatic carbocycles. The number of amides is 1. The van der Waals surface area contributed by atoms with Crippen molar-refractivity contribution in [2.45, 2.75) is 32.7 Å². The first-order valence-electron chi connectivity index (χ1n) is 7.45. The first-order chi connectivity index (χ1) is 10.5. The Hall–Kier alpha value is -1.56. The van der Waals surface area contributed by atoms with Crippen LogP contribution in [0, 0.1) is 5.92 Å². The third-order valence-electron chi connectivity index (χ3n) is 3.68. The molecule has 22 heavy (non-hydrogen) atoms. The molecule has 5 nitrogen and oxygen atoms in total. The maximum absolute atomic E-state index is 12.2. The van der Waals surface area contributed by atoms with Crippen LogP contribution in [0.15, 0.2) is 35.1 Å². The third-order valence-corrected chi connectivity index (χ3v) is 4.15. The van der Waals surface area contributed by atoms with Crippen molar-refractivity contribution >= 4 is 27.8 Å². The molecule has 2 atom stereocenters. The van der Waals surface area contributed by atoms with Gasteiger partial charge in [0.05, 0.1) is 11.8 Å². The first kappa shape index (κ1) is 16.8. The zero-order valence-electron chi connectivity index (χ0n) is 13.0. The molecular weight excluding hydrogens is 346 g/mol. The van der Waals surface area contributed by atoms with Gasteiger partial charge in [-0.05, 0) is 53.7 Å². The minimum atomic E-state index is -0.311. The van der Waals surface area contributed by atoms with Crippen molar-refractivity contribution in [2.24, 2.45) is 5.92 Å². The Kier molecular flexibility index (Phi) is 5.83. The van der Waals surface area contributed by atoms with Gasteiger partial charge >= 0.3 is 6.09 Å². The molecule has 6 heteroatoms. The molecule has 0 radical (unpaired) electrons. The number of piperidine rings is 1. The second-order valence-electron chi connectivity index (χ2n) is 5.80. The van der Waals surface area contributed by atoms with Crippen molar-refractivity contribution in [3.8, 4) is 0 Å². The Bertz CT molecular complexity index is 533. The number of carbonyl (C=O) groups is 1. The SMILES string of the molecule is C=C(C)OC(=O)N1C[C@@H](C)CC[C@H]1CNc1ccc(Br)cn1. The van der Waals surface area contributed by atoms with E-state index in [1.54, 1.807) is 18.0 Å². The molecule has 0 bridgehead atoms. The van der Waals surface area contributed by atoms with E-state index < -0.39 is 0 Å². The molecule has 1 aromatic heterocycles. The quantitative estimate of drug-likeness (QED) is 0.816. The van der Waals surface area contributed by atoms with Crippen molar-refractivity contribution in [2.75, 3.05) is 18.4 Å². The second kappa shape index (κ2) is 7.63. The number of hydrogen-bond donors (Lipinski definition) is 1. The predicted molar refractivity (Wildman–Crippen MR) is 90.6 cm³/mol. The van der Waals surface area contributed by atoms with E-state index in [9.17, 15) is 4.79 Å². The first-order valence-corrected chi connectivity index (χ1v) is 8.24. The molecule has 0 aliphatic carbocycles. The van der Waals surface area contributed by atoms with Gasteiger partial charge in [0.25, 0.3) is 0 Å². The van der Waals surface area contributed by atoms with Gasteiger partial charge in [-0.25, -0.2) is 9.78 Å². The van der Waals surface area contributed by atoms with Gasteiger partial charge in [0, 0.05) is 23.8 Å². The average Bonchev–Trinajstić information content (AvgIpc) is 2.47. The Morgan fingerprint density at radius 2 is 2.32 bits per heavy atom. The Labute approximate surface area is 139 Å². The molecule has 2 rings (SSSR count). The zero-order chi connectivity index (χ0) is 16.1. The molecule has 1 aromatic rings. The van der Waals surface area contributed by atoms with Gasteiger partial charge in [-0.1, -0.05) is 13.5 Å². The summed E-state index contributed by atoms with van der Waals surface area (Å²) in [6, 6.07) is 3.95. The van der Waals surface area contributed by atoms with Gasteiger partial charge in [0.15, 0.2) is 0 Å². The van der Waals surface area contributed by atoms with Crippen LogP contribution in [0.5, 0.6) is 0 Å². The fraction of sp³-hybridized carbons (Fsp3) is 0.500. The number of hydrogen-bond acceptors (Lipinski definition) is 4.